The minimum Gasteiger partial charge on any atom is -0.363 e. The fourth-order valence-electron chi connectivity index (χ4n) is 2.72. The number of aryl methyl sites for hydroxylation is 1. The number of anilines is 1. The van der Waals surface area contributed by atoms with Crippen LogP contribution in [-0.4, -0.2) is 45.6 Å². The number of amides is 1. The number of nitrogens with one attached hydrogen (secondary N) is 1. The fourth-order valence-corrected chi connectivity index (χ4v) is 2.72. The van der Waals surface area contributed by atoms with E-state index in [1.807, 2.05) is 24.3 Å². The number of likely N-dealkylation sites (tertiary alicyclic amines) is 1. The zero-order valence-electron chi connectivity index (χ0n) is 12.6. The molecule has 7 heteroatoms. The second kappa shape index (κ2) is 5.35. The Balaban J connectivity index is 1.68. The summed E-state index contributed by atoms with van der Waals surface area (Å²) in [7, 11) is 0. The standard InChI is InChI=1S/C16H15N5O2/c1-10-18-15(20-23-10)12-3-2-11-4-5-17-16(14(11)6-12)19-13-7-21(8-13)9-22/h2-6,9,13H,7-8H2,1H3,(H,17,19). The van der Waals surface area contributed by atoms with Crippen LogP contribution < -0.4 is 5.32 Å². The van der Waals surface area contributed by atoms with Crippen molar-refractivity contribution in [2.24, 2.45) is 0 Å². The van der Waals surface area contributed by atoms with E-state index >= 15 is 0 Å². The lowest BCUT2D eigenvalue weighted by molar-refractivity contribution is -0.121. The number of fused-ring (bicyclic) bond motifs is 1. The van der Waals surface area contributed by atoms with Crippen molar-refractivity contribution in [3.8, 4) is 11.4 Å². The molecule has 1 saturated heterocycles. The van der Waals surface area contributed by atoms with Crippen LogP contribution in [0.25, 0.3) is 22.2 Å². The molecule has 0 spiro atoms. The van der Waals surface area contributed by atoms with Crippen LogP contribution in [0.2, 0.25) is 0 Å². The normalized spacial score (nSPS) is 14.7. The summed E-state index contributed by atoms with van der Waals surface area (Å²) in [6.07, 6.45) is 2.64. The number of hydrogen-bond donors (Lipinski definition) is 1. The van der Waals surface area contributed by atoms with Gasteiger partial charge in [0.15, 0.2) is 0 Å². The first kappa shape index (κ1) is 13.7. The lowest BCUT2D eigenvalue weighted by atomic mass is 10.1. The Morgan fingerprint density at radius 2 is 2.22 bits per heavy atom. The quantitative estimate of drug-likeness (QED) is 0.740. The minimum absolute atomic E-state index is 0.231. The molecule has 116 valence electrons. The number of carbonyl (C=O) groups excluding carboxylic acids is 1. The van der Waals surface area contributed by atoms with Crippen LogP contribution in [0.15, 0.2) is 35.0 Å². The van der Waals surface area contributed by atoms with Gasteiger partial charge in [-0.15, -0.1) is 0 Å². The van der Waals surface area contributed by atoms with Gasteiger partial charge in [0.05, 0.1) is 6.04 Å². The number of aromatic nitrogens is 3. The Morgan fingerprint density at radius 3 is 2.96 bits per heavy atom. The summed E-state index contributed by atoms with van der Waals surface area (Å²) in [5.41, 5.74) is 0.883. The summed E-state index contributed by atoms with van der Waals surface area (Å²) in [5.74, 6) is 1.91. The van der Waals surface area contributed by atoms with Gasteiger partial charge in [0, 0.05) is 37.2 Å². The van der Waals surface area contributed by atoms with Gasteiger partial charge in [0.1, 0.15) is 5.82 Å². The van der Waals surface area contributed by atoms with Gasteiger partial charge < -0.3 is 14.7 Å². The molecular weight excluding hydrogens is 294 g/mol. The largest absolute Gasteiger partial charge is 0.363 e. The van der Waals surface area contributed by atoms with Gasteiger partial charge in [-0.3, -0.25) is 4.79 Å². The molecule has 1 aliphatic heterocycles. The summed E-state index contributed by atoms with van der Waals surface area (Å²) < 4.78 is 5.05. The van der Waals surface area contributed by atoms with E-state index in [4.69, 9.17) is 4.52 Å². The van der Waals surface area contributed by atoms with Crippen LogP contribution in [0.3, 0.4) is 0 Å². The summed E-state index contributed by atoms with van der Waals surface area (Å²) in [6, 6.07) is 8.18. The van der Waals surface area contributed by atoms with E-state index in [0.29, 0.717) is 24.8 Å². The maximum atomic E-state index is 10.7. The topological polar surface area (TPSA) is 84.2 Å². The van der Waals surface area contributed by atoms with Gasteiger partial charge in [0.25, 0.3) is 0 Å². The van der Waals surface area contributed by atoms with E-state index in [-0.39, 0.29) is 6.04 Å². The van der Waals surface area contributed by atoms with Crippen molar-refractivity contribution in [2.45, 2.75) is 13.0 Å². The average molecular weight is 309 g/mol. The molecular formula is C16H15N5O2. The van der Waals surface area contributed by atoms with Crippen LogP contribution in [0.4, 0.5) is 5.82 Å². The molecule has 7 nitrogen and oxygen atoms in total. The first-order valence-corrected chi connectivity index (χ1v) is 7.38. The van der Waals surface area contributed by atoms with Crippen molar-refractivity contribution < 1.29 is 9.32 Å². The molecule has 1 aromatic carbocycles. The lowest BCUT2D eigenvalue weighted by Gasteiger charge is -2.37. The van der Waals surface area contributed by atoms with Crippen LogP contribution in [0, 0.1) is 6.92 Å². The maximum absolute atomic E-state index is 10.7. The number of benzene rings is 1. The Labute approximate surface area is 132 Å². The predicted molar refractivity (Wildman–Crippen MR) is 84.8 cm³/mol. The van der Waals surface area contributed by atoms with Crippen LogP contribution >= 0.6 is 0 Å². The Hall–Kier alpha value is -2.96. The first-order chi connectivity index (χ1) is 11.2. The molecule has 0 saturated carbocycles. The number of rotatable bonds is 4. The zero-order chi connectivity index (χ0) is 15.8. The highest BCUT2D eigenvalue weighted by atomic mass is 16.5. The summed E-state index contributed by atoms with van der Waals surface area (Å²) in [6.45, 7) is 3.16. The number of carbonyl (C=O) groups is 1. The van der Waals surface area contributed by atoms with Crippen LogP contribution in [0.1, 0.15) is 5.89 Å². The third kappa shape index (κ3) is 2.50. The number of hydrogen-bond acceptors (Lipinski definition) is 6. The van der Waals surface area contributed by atoms with Crippen molar-refractivity contribution in [3.63, 3.8) is 0 Å². The minimum atomic E-state index is 0.231. The van der Waals surface area contributed by atoms with Gasteiger partial charge >= 0.3 is 0 Å². The van der Waals surface area contributed by atoms with Crippen LogP contribution in [0.5, 0.6) is 0 Å². The highest BCUT2D eigenvalue weighted by Crippen LogP contribution is 2.27. The SMILES string of the molecule is Cc1nc(-c2ccc3ccnc(NC4CN(C=O)C4)c3c2)no1. The molecule has 0 aliphatic carbocycles. The van der Waals surface area contributed by atoms with Gasteiger partial charge in [-0.1, -0.05) is 17.3 Å². The highest BCUT2D eigenvalue weighted by Gasteiger charge is 2.25. The van der Waals surface area contributed by atoms with E-state index in [0.717, 1.165) is 28.6 Å². The van der Waals surface area contributed by atoms with E-state index < -0.39 is 0 Å². The highest BCUT2D eigenvalue weighted by molar-refractivity contribution is 5.94. The third-order valence-corrected chi connectivity index (χ3v) is 3.95. The third-order valence-electron chi connectivity index (χ3n) is 3.95. The molecule has 1 aliphatic rings. The fraction of sp³-hybridized carbons (Fsp3) is 0.250. The van der Waals surface area contributed by atoms with Crippen molar-refractivity contribution in [3.05, 3.63) is 36.4 Å². The maximum Gasteiger partial charge on any atom is 0.223 e. The average Bonchev–Trinajstić information content (AvgIpc) is 2.96. The molecule has 0 radical (unpaired) electrons. The molecule has 3 heterocycles. The second-order valence-electron chi connectivity index (χ2n) is 5.63. The summed E-state index contributed by atoms with van der Waals surface area (Å²) in [4.78, 5) is 21.1. The Kier molecular flexibility index (Phi) is 3.18. The Morgan fingerprint density at radius 1 is 1.35 bits per heavy atom. The molecule has 4 rings (SSSR count). The first-order valence-electron chi connectivity index (χ1n) is 7.38. The predicted octanol–water partition coefficient (Wildman–Crippen LogP) is 1.85. The van der Waals surface area contributed by atoms with E-state index in [2.05, 4.69) is 20.4 Å². The molecule has 0 atom stereocenters. The lowest BCUT2D eigenvalue weighted by Crippen LogP contribution is -2.53. The van der Waals surface area contributed by atoms with Crippen molar-refractivity contribution in [1.29, 1.82) is 0 Å². The summed E-state index contributed by atoms with van der Waals surface area (Å²) >= 11 is 0. The van der Waals surface area contributed by atoms with Gasteiger partial charge in [-0.2, -0.15) is 4.98 Å². The van der Waals surface area contributed by atoms with Crippen molar-refractivity contribution in [2.75, 3.05) is 18.4 Å². The van der Waals surface area contributed by atoms with Crippen molar-refractivity contribution in [1.82, 2.24) is 20.0 Å². The van der Waals surface area contributed by atoms with E-state index in [1.165, 1.54) is 0 Å². The summed E-state index contributed by atoms with van der Waals surface area (Å²) in [5, 5.41) is 9.43. The number of nitrogens with zero attached hydrogens (tertiary/aromatic N) is 4. The molecule has 3 aromatic rings. The monoisotopic (exact) mass is 309 g/mol. The zero-order valence-corrected chi connectivity index (χ0v) is 12.6. The van der Waals surface area contributed by atoms with E-state index in [9.17, 15) is 4.79 Å². The molecule has 1 amide bonds. The molecule has 1 N–H and O–H groups in total. The molecule has 0 bridgehead atoms. The van der Waals surface area contributed by atoms with Crippen molar-refractivity contribution >= 4 is 23.0 Å². The van der Waals surface area contributed by atoms with Gasteiger partial charge in [-0.05, 0) is 17.5 Å². The second-order valence-corrected chi connectivity index (χ2v) is 5.63. The van der Waals surface area contributed by atoms with E-state index in [1.54, 1.807) is 18.0 Å². The van der Waals surface area contributed by atoms with Gasteiger partial charge in [-0.25, -0.2) is 4.98 Å². The number of pyridine rings is 1. The smallest absolute Gasteiger partial charge is 0.223 e. The molecule has 0 unspecified atom stereocenters. The Bertz CT molecular complexity index is 870. The molecule has 2 aromatic heterocycles. The van der Waals surface area contributed by atoms with Crippen LogP contribution in [-0.2, 0) is 4.79 Å². The molecule has 23 heavy (non-hydrogen) atoms. The van der Waals surface area contributed by atoms with Gasteiger partial charge in [0.2, 0.25) is 18.1 Å². The molecule has 1 fully saturated rings.